The molecule has 1 aromatic carbocycles. The van der Waals surface area contributed by atoms with Crippen molar-refractivity contribution in [2.75, 3.05) is 26.3 Å². The van der Waals surface area contributed by atoms with E-state index in [1.54, 1.807) is 0 Å². The lowest BCUT2D eigenvalue weighted by atomic mass is 9.84. The van der Waals surface area contributed by atoms with Crippen LogP contribution in [0.1, 0.15) is 48.0 Å². The quantitative estimate of drug-likeness (QED) is 0.904. The summed E-state index contributed by atoms with van der Waals surface area (Å²) in [5, 5.41) is 0. The molecule has 24 heavy (non-hydrogen) atoms. The smallest absolute Gasteiger partial charge is 0.248 e. The Kier molecular flexibility index (Phi) is 4.35. The number of benzene rings is 1. The summed E-state index contributed by atoms with van der Waals surface area (Å²) >= 11 is 0. The Hall–Kier alpha value is -1.39. The van der Waals surface area contributed by atoms with Crippen LogP contribution in [0.2, 0.25) is 0 Å². The van der Waals surface area contributed by atoms with Gasteiger partial charge in [-0.15, -0.1) is 0 Å². The molecule has 3 fully saturated rings. The molecule has 0 aromatic heterocycles. The predicted octanol–water partition coefficient (Wildman–Crippen LogP) is 2.64. The molecule has 2 N–H and O–H groups in total. The minimum atomic E-state index is -0.291. The second-order valence-corrected chi connectivity index (χ2v) is 7.64. The van der Waals surface area contributed by atoms with Crippen LogP contribution in [0.25, 0.3) is 0 Å². The summed E-state index contributed by atoms with van der Waals surface area (Å²) in [6.07, 6.45) is 3.74. The summed E-state index contributed by atoms with van der Waals surface area (Å²) in [4.78, 5) is 14.4. The van der Waals surface area contributed by atoms with Crippen molar-refractivity contribution in [3.63, 3.8) is 0 Å². The first-order valence-electron chi connectivity index (χ1n) is 9.41. The zero-order valence-electron chi connectivity index (χ0n) is 14.5. The molecule has 3 atom stereocenters. The standard InChI is InChI=1S/C20H28N2O2/c1-2-14(15-5-3-4-6-16(15)20(21)23)19-17-11-13(12-18(17)19)22-7-9-24-10-8-22/h3-6,13-14,17-19H,2,7-12H2,1H3,(H2,21,23)/t13?,14-,17+,18+,19?/m1/s1. The lowest BCUT2D eigenvalue weighted by molar-refractivity contribution is 0.0142. The average molecular weight is 328 g/mol. The molecule has 0 spiro atoms. The third kappa shape index (κ3) is 2.76. The highest BCUT2D eigenvalue weighted by Gasteiger charge is 2.59. The van der Waals surface area contributed by atoms with Gasteiger partial charge in [-0.25, -0.2) is 0 Å². The number of hydrogen-bond donors (Lipinski definition) is 1. The molecule has 4 rings (SSSR count). The normalized spacial score (nSPS) is 31.6. The Labute approximate surface area is 144 Å². The van der Waals surface area contributed by atoms with Crippen LogP contribution in [0.4, 0.5) is 0 Å². The average Bonchev–Trinajstić information content (AvgIpc) is 3.09. The minimum absolute atomic E-state index is 0.291. The van der Waals surface area contributed by atoms with Gasteiger partial charge in [-0.1, -0.05) is 25.1 Å². The van der Waals surface area contributed by atoms with Crippen LogP contribution >= 0.6 is 0 Å². The van der Waals surface area contributed by atoms with Crippen molar-refractivity contribution >= 4 is 5.91 Å². The number of primary amides is 1. The van der Waals surface area contributed by atoms with Crippen molar-refractivity contribution in [2.24, 2.45) is 23.5 Å². The number of amides is 1. The van der Waals surface area contributed by atoms with Gasteiger partial charge in [0.05, 0.1) is 13.2 Å². The number of nitrogens with zero attached hydrogens (tertiary/aromatic N) is 1. The van der Waals surface area contributed by atoms with Crippen LogP contribution in [0.15, 0.2) is 24.3 Å². The topological polar surface area (TPSA) is 55.6 Å². The van der Waals surface area contributed by atoms with Gasteiger partial charge >= 0.3 is 0 Å². The summed E-state index contributed by atoms with van der Waals surface area (Å²) in [6.45, 7) is 6.21. The van der Waals surface area contributed by atoms with Crippen LogP contribution in [-0.4, -0.2) is 43.2 Å². The molecule has 1 aromatic rings. The molecule has 1 amide bonds. The minimum Gasteiger partial charge on any atom is -0.379 e. The molecule has 4 nitrogen and oxygen atoms in total. The number of carbonyl (C=O) groups is 1. The number of fused-ring (bicyclic) bond motifs is 1. The number of rotatable bonds is 5. The molecular formula is C20H28N2O2. The van der Waals surface area contributed by atoms with Gasteiger partial charge in [0, 0.05) is 24.7 Å². The van der Waals surface area contributed by atoms with E-state index in [1.807, 2.05) is 18.2 Å². The number of hydrogen-bond acceptors (Lipinski definition) is 3. The fourth-order valence-corrected chi connectivity index (χ4v) is 5.44. The second-order valence-electron chi connectivity index (χ2n) is 7.64. The Morgan fingerprint density at radius 3 is 2.54 bits per heavy atom. The Morgan fingerprint density at radius 1 is 1.25 bits per heavy atom. The monoisotopic (exact) mass is 328 g/mol. The summed E-state index contributed by atoms with van der Waals surface area (Å²) < 4.78 is 5.48. The van der Waals surface area contributed by atoms with Gasteiger partial charge in [0.2, 0.25) is 5.91 Å². The van der Waals surface area contributed by atoms with Crippen molar-refractivity contribution in [1.82, 2.24) is 4.90 Å². The summed E-state index contributed by atoms with van der Waals surface area (Å²) in [5.74, 6) is 2.61. The number of ether oxygens (including phenoxy) is 1. The fraction of sp³-hybridized carbons (Fsp3) is 0.650. The fourth-order valence-electron chi connectivity index (χ4n) is 5.44. The molecule has 2 aliphatic carbocycles. The van der Waals surface area contributed by atoms with Gasteiger partial charge in [0.1, 0.15) is 0 Å². The zero-order chi connectivity index (χ0) is 16.7. The predicted molar refractivity (Wildman–Crippen MR) is 93.9 cm³/mol. The molecule has 0 bridgehead atoms. The van der Waals surface area contributed by atoms with Crippen molar-refractivity contribution in [3.05, 3.63) is 35.4 Å². The molecule has 4 heteroatoms. The molecule has 1 saturated heterocycles. The van der Waals surface area contributed by atoms with Crippen LogP contribution in [0.5, 0.6) is 0 Å². The van der Waals surface area contributed by atoms with Crippen LogP contribution in [-0.2, 0) is 4.74 Å². The Balaban J connectivity index is 1.45. The lowest BCUT2D eigenvalue weighted by Crippen LogP contribution is -2.43. The van der Waals surface area contributed by atoms with E-state index in [4.69, 9.17) is 10.5 Å². The molecular weight excluding hydrogens is 300 g/mol. The number of carbonyl (C=O) groups excluding carboxylic acids is 1. The Morgan fingerprint density at radius 2 is 1.92 bits per heavy atom. The van der Waals surface area contributed by atoms with Crippen LogP contribution < -0.4 is 5.73 Å². The molecule has 0 unspecified atom stereocenters. The van der Waals surface area contributed by atoms with Crippen LogP contribution in [0, 0.1) is 17.8 Å². The van der Waals surface area contributed by atoms with E-state index in [1.165, 1.54) is 18.4 Å². The molecule has 1 aliphatic heterocycles. The second kappa shape index (κ2) is 6.49. The van der Waals surface area contributed by atoms with E-state index in [2.05, 4.69) is 17.9 Å². The summed E-state index contributed by atoms with van der Waals surface area (Å²) in [7, 11) is 0. The summed E-state index contributed by atoms with van der Waals surface area (Å²) in [6, 6.07) is 8.71. The molecule has 2 saturated carbocycles. The van der Waals surface area contributed by atoms with E-state index in [-0.39, 0.29) is 5.91 Å². The molecule has 3 aliphatic rings. The number of morpholine rings is 1. The third-order valence-corrected chi connectivity index (χ3v) is 6.58. The van der Waals surface area contributed by atoms with Crippen molar-refractivity contribution in [2.45, 2.75) is 38.1 Å². The first kappa shape index (κ1) is 16.1. The van der Waals surface area contributed by atoms with Gasteiger partial charge in [-0.3, -0.25) is 9.69 Å². The SMILES string of the molecule is CC[C@H](c1ccccc1C(N)=O)C1[C@H]2CC(N3CCOCC3)C[C@H]12. The molecule has 130 valence electrons. The maximum absolute atomic E-state index is 11.8. The van der Waals surface area contributed by atoms with E-state index >= 15 is 0 Å². The van der Waals surface area contributed by atoms with Crippen molar-refractivity contribution < 1.29 is 9.53 Å². The zero-order valence-corrected chi connectivity index (χ0v) is 14.5. The first-order valence-corrected chi connectivity index (χ1v) is 9.41. The van der Waals surface area contributed by atoms with Gasteiger partial charge in [-0.2, -0.15) is 0 Å². The van der Waals surface area contributed by atoms with Gasteiger partial charge in [0.15, 0.2) is 0 Å². The summed E-state index contributed by atoms with van der Waals surface area (Å²) in [5.41, 5.74) is 7.50. The highest BCUT2D eigenvalue weighted by molar-refractivity contribution is 5.94. The third-order valence-electron chi connectivity index (χ3n) is 6.58. The number of nitrogens with two attached hydrogens (primary N) is 1. The van der Waals surface area contributed by atoms with E-state index in [0.29, 0.717) is 5.92 Å². The van der Waals surface area contributed by atoms with E-state index in [9.17, 15) is 4.79 Å². The maximum atomic E-state index is 11.8. The highest BCUT2D eigenvalue weighted by atomic mass is 16.5. The van der Waals surface area contributed by atoms with Gasteiger partial charge in [0.25, 0.3) is 0 Å². The maximum Gasteiger partial charge on any atom is 0.248 e. The lowest BCUT2D eigenvalue weighted by Gasteiger charge is -2.34. The highest BCUT2D eigenvalue weighted by Crippen LogP contribution is 2.64. The van der Waals surface area contributed by atoms with Crippen molar-refractivity contribution in [1.29, 1.82) is 0 Å². The largest absolute Gasteiger partial charge is 0.379 e. The molecule has 0 radical (unpaired) electrons. The molecule has 1 heterocycles. The van der Waals surface area contributed by atoms with E-state index < -0.39 is 0 Å². The van der Waals surface area contributed by atoms with Gasteiger partial charge in [-0.05, 0) is 54.6 Å². The first-order chi connectivity index (χ1) is 11.7. The van der Waals surface area contributed by atoms with E-state index in [0.717, 1.165) is 62.1 Å². The van der Waals surface area contributed by atoms with Crippen LogP contribution in [0.3, 0.4) is 0 Å². The Bertz CT molecular complexity index is 599. The van der Waals surface area contributed by atoms with Crippen molar-refractivity contribution in [3.8, 4) is 0 Å². The van der Waals surface area contributed by atoms with Gasteiger partial charge < -0.3 is 10.5 Å².